The Morgan fingerprint density at radius 2 is 1.13 bits per heavy atom. The molecule has 0 bridgehead atoms. The quantitative estimate of drug-likeness (QED) is 0.0589. The molecule has 0 radical (unpaired) electrons. The number of allylic oxidation sites excluding steroid dienone is 2. The van der Waals surface area contributed by atoms with Gasteiger partial charge in [-0.05, 0) is 111 Å². The van der Waals surface area contributed by atoms with Crippen molar-refractivity contribution in [3.8, 4) is 0 Å². The molecule has 5 aliphatic carbocycles. The van der Waals surface area contributed by atoms with Gasteiger partial charge in [-0.1, -0.05) is 46.3 Å². The lowest BCUT2D eigenvalue weighted by Crippen LogP contribution is -2.70. The molecule has 4 aliphatic heterocycles. The topological polar surface area (TPSA) is 371 Å². The maximum atomic E-state index is 15.3. The van der Waals surface area contributed by atoms with E-state index in [1.54, 1.807) is 6.92 Å². The van der Waals surface area contributed by atoms with Gasteiger partial charge in [-0.15, -0.1) is 0 Å². The van der Waals surface area contributed by atoms with Crippen LogP contribution in [-0.4, -0.2) is 221 Å². The van der Waals surface area contributed by atoms with E-state index in [9.17, 15) is 71.2 Å². The third-order valence-electron chi connectivity index (χ3n) is 20.8. The van der Waals surface area contributed by atoms with Crippen LogP contribution >= 0.6 is 0 Å². The first kappa shape index (κ1) is 57.6. The zero-order chi connectivity index (χ0) is 54.9. The molecule has 428 valence electrons. The monoisotopic (exact) mass is 1070 g/mol. The molecule has 0 aromatic rings. The predicted molar refractivity (Wildman–Crippen MR) is 253 cm³/mol. The number of carboxylic acid groups (broad SMARTS) is 1. The Labute approximate surface area is 435 Å². The third kappa shape index (κ3) is 8.98. The second-order valence-corrected chi connectivity index (χ2v) is 25.2. The van der Waals surface area contributed by atoms with Gasteiger partial charge in [-0.3, -0.25) is 9.59 Å². The molecule has 8 fully saturated rings. The molecule has 13 N–H and O–H groups in total. The van der Waals surface area contributed by atoms with Crippen LogP contribution in [0.4, 0.5) is 0 Å². The summed E-state index contributed by atoms with van der Waals surface area (Å²) in [5, 5.41) is 139. The Hall–Kier alpha value is -2.08. The van der Waals surface area contributed by atoms with Crippen molar-refractivity contribution in [3.05, 3.63) is 11.6 Å². The fraction of sp³-hybridized carbons (Fsp3) is 0.923. The van der Waals surface area contributed by atoms with Gasteiger partial charge in [0.25, 0.3) is 0 Å². The van der Waals surface area contributed by atoms with Crippen LogP contribution in [0.3, 0.4) is 0 Å². The molecule has 0 aromatic carbocycles. The minimum absolute atomic E-state index is 0.131. The van der Waals surface area contributed by atoms with Gasteiger partial charge in [0.1, 0.15) is 79.4 Å². The number of aliphatic hydroxyl groups excluding tert-OH is 12. The van der Waals surface area contributed by atoms with E-state index in [1.807, 2.05) is 6.92 Å². The number of ether oxygens (including phenoxy) is 8. The van der Waals surface area contributed by atoms with Gasteiger partial charge in [0.05, 0.1) is 42.9 Å². The number of carbonyl (C=O) groups excluding carboxylic acids is 1. The van der Waals surface area contributed by atoms with E-state index in [1.165, 1.54) is 6.92 Å². The minimum Gasteiger partial charge on any atom is -0.481 e. The average Bonchev–Trinajstić information content (AvgIpc) is 3.81. The van der Waals surface area contributed by atoms with Crippen LogP contribution in [0, 0.1) is 50.2 Å². The van der Waals surface area contributed by atoms with E-state index in [0.29, 0.717) is 51.4 Å². The Kier molecular flexibility index (Phi) is 15.7. The van der Waals surface area contributed by atoms with Crippen molar-refractivity contribution in [1.29, 1.82) is 0 Å². The van der Waals surface area contributed by atoms with E-state index in [2.05, 4.69) is 33.8 Å². The smallest absolute Gasteiger partial charge is 0.315 e. The van der Waals surface area contributed by atoms with E-state index in [0.717, 1.165) is 5.57 Å². The van der Waals surface area contributed by atoms with Crippen molar-refractivity contribution >= 4 is 11.9 Å². The third-order valence-corrected chi connectivity index (χ3v) is 20.8. The van der Waals surface area contributed by atoms with Gasteiger partial charge >= 0.3 is 11.9 Å². The molecule has 0 amide bonds. The van der Waals surface area contributed by atoms with Crippen LogP contribution in [0.25, 0.3) is 0 Å². The number of rotatable bonds is 12. The lowest BCUT2D eigenvalue weighted by atomic mass is 9.33. The van der Waals surface area contributed by atoms with E-state index < -0.39 is 188 Å². The van der Waals surface area contributed by atoms with Crippen LogP contribution in [0.15, 0.2) is 11.6 Å². The highest BCUT2D eigenvalue weighted by molar-refractivity contribution is 5.79. The summed E-state index contributed by atoms with van der Waals surface area (Å²) >= 11 is 0. The first-order valence-corrected chi connectivity index (χ1v) is 26.8. The maximum absolute atomic E-state index is 15.3. The summed E-state index contributed by atoms with van der Waals surface area (Å²) in [7, 11) is 0. The van der Waals surface area contributed by atoms with Crippen molar-refractivity contribution in [1.82, 2.24) is 0 Å². The van der Waals surface area contributed by atoms with Crippen molar-refractivity contribution in [2.75, 3.05) is 19.8 Å². The molecule has 4 heterocycles. The fourth-order valence-electron chi connectivity index (χ4n) is 16.1. The number of hydrogen-bond acceptors (Lipinski definition) is 22. The largest absolute Gasteiger partial charge is 0.481 e. The fourth-order valence-corrected chi connectivity index (χ4v) is 16.1. The van der Waals surface area contributed by atoms with Crippen LogP contribution in [0.1, 0.15) is 106 Å². The second kappa shape index (κ2) is 20.5. The van der Waals surface area contributed by atoms with Gasteiger partial charge in [0.15, 0.2) is 25.0 Å². The summed E-state index contributed by atoms with van der Waals surface area (Å²) in [5.41, 5.74) is -3.69. The predicted octanol–water partition coefficient (Wildman–Crippen LogP) is -1.69. The van der Waals surface area contributed by atoms with Crippen molar-refractivity contribution in [3.63, 3.8) is 0 Å². The number of fused-ring (bicyclic) bond motifs is 7. The molecule has 4 saturated heterocycles. The average molecular weight is 1080 g/mol. The molecule has 0 unspecified atom stereocenters. The minimum atomic E-state index is -1.85. The lowest BCUT2D eigenvalue weighted by molar-refractivity contribution is -0.340. The van der Waals surface area contributed by atoms with E-state index >= 15 is 4.79 Å². The first-order chi connectivity index (χ1) is 35.1. The van der Waals surface area contributed by atoms with Crippen LogP contribution in [0.5, 0.6) is 0 Å². The number of esters is 1. The number of carboxylic acids is 1. The molecule has 9 rings (SSSR count). The highest BCUT2D eigenvalue weighted by atomic mass is 16.8. The summed E-state index contributed by atoms with van der Waals surface area (Å²) in [4.78, 5) is 29.0. The van der Waals surface area contributed by atoms with Crippen LogP contribution in [0.2, 0.25) is 0 Å². The number of hydrogen-bond donors (Lipinski definition) is 13. The van der Waals surface area contributed by atoms with Gasteiger partial charge in [-0.25, -0.2) is 0 Å². The molecule has 23 nitrogen and oxygen atoms in total. The van der Waals surface area contributed by atoms with Gasteiger partial charge in [0.2, 0.25) is 6.29 Å². The van der Waals surface area contributed by atoms with Crippen molar-refractivity contribution in [2.45, 2.75) is 229 Å². The van der Waals surface area contributed by atoms with Gasteiger partial charge < -0.3 is 104 Å². The Balaban J connectivity index is 0.956. The van der Waals surface area contributed by atoms with Crippen LogP contribution in [-0.2, 0) is 47.5 Å². The Bertz CT molecular complexity index is 2130. The van der Waals surface area contributed by atoms with Crippen molar-refractivity contribution in [2.24, 2.45) is 50.2 Å². The Morgan fingerprint density at radius 3 is 1.76 bits per heavy atom. The Morgan fingerprint density at radius 1 is 0.600 bits per heavy atom. The lowest BCUT2D eigenvalue weighted by Gasteiger charge is -2.71. The normalized spacial score (nSPS) is 54.4. The SMILES string of the molecule is C[C@@H]1O[C@@H](O[C@@H]2[C@@H](OC(=O)[C@]34CCC(C)(C)C[C@H]3C3=CC[C@@H]5[C@@]6(C)C[C@H](O)[C@H](O[C@@H]7O[C@H](CO)[C@@H](O)[C@H](O)[C@H]7O)[C@@](C)(C(=O)O)[C@@H]6CC[C@@]5(C)[C@]3(C)CC4)O[C@H](CO)[C@H]2O)[C@H](O)[C@H](O)[C@H]1O[C@@H]1O[C@H](CO)[C@H](O)[C@H]1O. The van der Waals surface area contributed by atoms with Gasteiger partial charge in [-0.2, -0.15) is 0 Å². The molecule has 75 heavy (non-hydrogen) atoms. The molecule has 4 saturated carbocycles. The number of carbonyl (C=O) groups is 2. The van der Waals surface area contributed by atoms with Gasteiger partial charge in [0, 0.05) is 0 Å². The highest BCUT2D eigenvalue weighted by Gasteiger charge is 2.73. The van der Waals surface area contributed by atoms with E-state index in [-0.39, 0.29) is 23.7 Å². The standard InChI is InChI=1S/C52H82O23/c1-21-38(72-42-35(62)31(58)26(19-54)69-42)34(61)37(64)41(68-21)73-39-32(59)27(20-55)71-44(39)75-46(67)52-14-12-47(2,3)16-23(52)22-8-9-28-48(4)17-24(56)40(74-43-36(63)33(60)30(57)25(18-53)70-43)51(7,45(65)66)29(48)10-11-50(28,6)49(22,5)13-15-52/h8,21,23-44,53-64H,9-20H2,1-7H3,(H,65,66)/t21-,23-,24-,25+,26+,27+,28+,29+,30+,31-,32+,33-,34-,35+,36+,37+,38-,39-,40-,41-,42-,43-,44+,48+,49+,50+,51-,52-/m0/s1. The van der Waals surface area contributed by atoms with Crippen LogP contribution < -0.4 is 0 Å². The summed E-state index contributed by atoms with van der Waals surface area (Å²) in [5.74, 6) is -2.87. The molecule has 0 aromatic heterocycles. The summed E-state index contributed by atoms with van der Waals surface area (Å²) in [6.07, 6.45) is -23.8. The number of aliphatic hydroxyl groups is 12. The van der Waals surface area contributed by atoms with Crippen molar-refractivity contribution < 1.29 is 114 Å². The summed E-state index contributed by atoms with van der Waals surface area (Å²) < 4.78 is 47.3. The molecule has 0 spiro atoms. The zero-order valence-electron chi connectivity index (χ0n) is 43.7. The molecule has 28 atom stereocenters. The zero-order valence-corrected chi connectivity index (χ0v) is 43.7. The molecular weight excluding hydrogens is 993 g/mol. The maximum Gasteiger partial charge on any atom is 0.315 e. The second-order valence-electron chi connectivity index (χ2n) is 25.2. The first-order valence-electron chi connectivity index (χ1n) is 26.8. The van der Waals surface area contributed by atoms with E-state index in [4.69, 9.17) is 37.9 Å². The molecular formula is C52H82O23. The summed E-state index contributed by atoms with van der Waals surface area (Å²) in [6, 6.07) is 0. The molecule has 23 heteroatoms. The summed E-state index contributed by atoms with van der Waals surface area (Å²) in [6.45, 7) is 11.8. The molecule has 9 aliphatic rings. The number of aliphatic carboxylic acids is 1. The highest BCUT2D eigenvalue weighted by Crippen LogP contribution is 2.76.